The first kappa shape index (κ1) is 18.9. The van der Waals surface area contributed by atoms with Gasteiger partial charge in [-0.15, -0.1) is 0 Å². The maximum absolute atomic E-state index is 11.5. The Bertz CT molecular complexity index is 322. The number of esters is 2. The van der Waals surface area contributed by atoms with Crippen LogP contribution in [0.15, 0.2) is 0 Å². The number of hydrogen-bond acceptors (Lipinski definition) is 4. The fourth-order valence-electron chi connectivity index (χ4n) is 1.22. The van der Waals surface area contributed by atoms with Crippen LogP contribution < -0.4 is 0 Å². The lowest BCUT2D eigenvalue weighted by molar-refractivity contribution is -0.888. The van der Waals surface area contributed by atoms with Crippen LogP contribution in [-0.2, 0) is 19.1 Å². The van der Waals surface area contributed by atoms with E-state index in [9.17, 15) is 9.59 Å². The van der Waals surface area contributed by atoms with E-state index >= 15 is 0 Å². The number of quaternary nitrogens is 2. The molecule has 0 spiro atoms. The highest BCUT2D eigenvalue weighted by atomic mass is 16.6. The molecule has 0 heterocycles. The second kappa shape index (κ2) is 8.21. The molecule has 0 aliphatic heterocycles. The van der Waals surface area contributed by atoms with Gasteiger partial charge in [-0.1, -0.05) is 0 Å². The molecule has 0 N–H and O–H groups in total. The third-order valence-corrected chi connectivity index (χ3v) is 3.13. The molecule has 0 unspecified atom stereocenters. The standard InChI is InChI=1S/C14H30N2O4/c1-7-16(5,6)9-11-20-14(18)12-13(17)19-10-8-15(2,3)4/h7-12H2,1-6H3/q+2. The average Bonchev–Trinajstić information content (AvgIpc) is 2.26. The molecule has 0 rings (SSSR count). The predicted molar refractivity (Wildman–Crippen MR) is 77.0 cm³/mol. The second-order valence-corrected chi connectivity index (χ2v) is 6.61. The molecule has 0 aromatic rings. The first-order valence-corrected chi connectivity index (χ1v) is 6.99. The fraction of sp³-hybridized carbons (Fsp3) is 0.857. The van der Waals surface area contributed by atoms with E-state index in [1.165, 1.54) is 0 Å². The number of carbonyl (C=O) groups excluding carboxylic acids is 2. The maximum Gasteiger partial charge on any atom is 0.317 e. The number of rotatable bonds is 9. The Morgan fingerprint density at radius 2 is 1.30 bits per heavy atom. The van der Waals surface area contributed by atoms with Crippen molar-refractivity contribution >= 4 is 11.9 Å². The van der Waals surface area contributed by atoms with Crippen molar-refractivity contribution in [2.45, 2.75) is 13.3 Å². The molecule has 0 saturated carbocycles. The maximum atomic E-state index is 11.5. The van der Waals surface area contributed by atoms with Gasteiger partial charge in [-0.3, -0.25) is 9.59 Å². The van der Waals surface area contributed by atoms with E-state index in [0.717, 1.165) is 17.6 Å². The minimum atomic E-state index is -0.521. The zero-order chi connectivity index (χ0) is 15.8. The predicted octanol–water partition coefficient (Wildman–Crippen LogP) is 0.265. The molecule has 0 atom stereocenters. The summed E-state index contributed by atoms with van der Waals surface area (Å²) in [6, 6.07) is 0. The lowest BCUT2D eigenvalue weighted by atomic mass is 10.4. The van der Waals surface area contributed by atoms with Crippen LogP contribution >= 0.6 is 0 Å². The zero-order valence-electron chi connectivity index (χ0n) is 13.8. The van der Waals surface area contributed by atoms with Gasteiger partial charge in [0.15, 0.2) is 0 Å². The van der Waals surface area contributed by atoms with Crippen LogP contribution in [0.4, 0.5) is 0 Å². The Morgan fingerprint density at radius 1 is 0.850 bits per heavy atom. The molecule has 6 heteroatoms. The summed E-state index contributed by atoms with van der Waals surface area (Å²) in [4.78, 5) is 22.9. The third kappa shape index (κ3) is 10.8. The molecule has 0 amide bonds. The molecule has 0 radical (unpaired) electrons. The van der Waals surface area contributed by atoms with Crippen LogP contribution in [0.1, 0.15) is 13.3 Å². The molecular weight excluding hydrogens is 260 g/mol. The summed E-state index contributed by atoms with van der Waals surface area (Å²) in [5.74, 6) is -1.04. The first-order chi connectivity index (χ1) is 9.06. The lowest BCUT2D eigenvalue weighted by Gasteiger charge is -2.27. The number of nitrogens with zero attached hydrogens (tertiary/aromatic N) is 2. The Morgan fingerprint density at radius 3 is 1.70 bits per heavy atom. The third-order valence-electron chi connectivity index (χ3n) is 3.13. The highest BCUT2D eigenvalue weighted by Gasteiger charge is 2.16. The fourth-order valence-corrected chi connectivity index (χ4v) is 1.22. The van der Waals surface area contributed by atoms with Gasteiger partial charge in [0.25, 0.3) is 0 Å². The summed E-state index contributed by atoms with van der Waals surface area (Å²) in [5, 5.41) is 0. The molecule has 0 aliphatic rings. The molecule has 118 valence electrons. The van der Waals surface area contributed by atoms with E-state index < -0.39 is 11.9 Å². The lowest BCUT2D eigenvalue weighted by Crippen LogP contribution is -2.42. The van der Waals surface area contributed by atoms with Gasteiger partial charge in [-0.25, -0.2) is 0 Å². The van der Waals surface area contributed by atoms with Gasteiger partial charge >= 0.3 is 11.9 Å². The summed E-state index contributed by atoms with van der Waals surface area (Å²) in [6.45, 7) is 5.13. The molecule has 0 bridgehead atoms. The van der Waals surface area contributed by atoms with Gasteiger partial charge in [0.1, 0.15) is 32.7 Å². The van der Waals surface area contributed by atoms with Crippen LogP contribution in [-0.4, -0.2) is 89.0 Å². The molecule has 0 fully saturated rings. The van der Waals surface area contributed by atoms with E-state index in [4.69, 9.17) is 9.47 Å². The van der Waals surface area contributed by atoms with E-state index in [1.807, 2.05) is 21.1 Å². The average molecular weight is 290 g/mol. The van der Waals surface area contributed by atoms with Crippen molar-refractivity contribution in [2.24, 2.45) is 0 Å². The molecule has 0 aliphatic carbocycles. The monoisotopic (exact) mass is 290 g/mol. The first-order valence-electron chi connectivity index (χ1n) is 6.99. The molecule has 0 saturated heterocycles. The minimum absolute atomic E-state index is 0.309. The normalized spacial score (nSPS) is 12.1. The Balaban J connectivity index is 3.78. The summed E-state index contributed by atoms with van der Waals surface area (Å²) >= 11 is 0. The summed E-state index contributed by atoms with van der Waals surface area (Å²) in [5.41, 5.74) is 0. The van der Waals surface area contributed by atoms with Crippen molar-refractivity contribution in [1.82, 2.24) is 0 Å². The summed E-state index contributed by atoms with van der Waals surface area (Å²) in [7, 11) is 10.2. The van der Waals surface area contributed by atoms with Crippen LogP contribution in [0.5, 0.6) is 0 Å². The van der Waals surface area contributed by atoms with Gasteiger partial charge in [-0.05, 0) is 6.92 Å². The SMILES string of the molecule is CC[N+](C)(C)CCOC(=O)CC(=O)OCC[N+](C)(C)C. The van der Waals surface area contributed by atoms with Crippen LogP contribution in [0.25, 0.3) is 0 Å². The van der Waals surface area contributed by atoms with Gasteiger partial charge in [0.05, 0.1) is 41.8 Å². The van der Waals surface area contributed by atoms with Crippen molar-refractivity contribution in [3.05, 3.63) is 0 Å². The minimum Gasteiger partial charge on any atom is -0.459 e. The quantitative estimate of drug-likeness (QED) is 0.347. The van der Waals surface area contributed by atoms with E-state index in [-0.39, 0.29) is 6.42 Å². The number of ether oxygens (including phenoxy) is 2. The second-order valence-electron chi connectivity index (χ2n) is 6.61. The van der Waals surface area contributed by atoms with Crippen molar-refractivity contribution in [2.75, 3.05) is 68.1 Å². The van der Waals surface area contributed by atoms with E-state index in [0.29, 0.717) is 24.2 Å². The molecule has 0 aromatic carbocycles. The van der Waals surface area contributed by atoms with Crippen molar-refractivity contribution in [3.8, 4) is 0 Å². The van der Waals surface area contributed by atoms with Crippen LogP contribution in [0.2, 0.25) is 0 Å². The number of carbonyl (C=O) groups is 2. The summed E-state index contributed by atoms with van der Waals surface area (Å²) in [6.07, 6.45) is -0.309. The highest BCUT2D eigenvalue weighted by Crippen LogP contribution is 1.98. The van der Waals surface area contributed by atoms with E-state index in [1.54, 1.807) is 0 Å². The van der Waals surface area contributed by atoms with Crippen LogP contribution in [0.3, 0.4) is 0 Å². The topological polar surface area (TPSA) is 52.6 Å². The Labute approximate surface area is 122 Å². The zero-order valence-corrected chi connectivity index (χ0v) is 13.8. The molecular formula is C14H30N2O4+2. The van der Waals surface area contributed by atoms with Gasteiger partial charge < -0.3 is 18.4 Å². The van der Waals surface area contributed by atoms with E-state index in [2.05, 4.69) is 21.0 Å². The molecule has 6 nitrogen and oxygen atoms in total. The highest BCUT2D eigenvalue weighted by molar-refractivity contribution is 5.91. The van der Waals surface area contributed by atoms with Crippen molar-refractivity contribution in [1.29, 1.82) is 0 Å². The van der Waals surface area contributed by atoms with Crippen molar-refractivity contribution < 1.29 is 28.0 Å². The molecule has 0 aromatic heterocycles. The van der Waals surface area contributed by atoms with Gasteiger partial charge in [0.2, 0.25) is 0 Å². The Kier molecular flexibility index (Phi) is 7.75. The van der Waals surface area contributed by atoms with Gasteiger partial charge in [-0.2, -0.15) is 0 Å². The van der Waals surface area contributed by atoms with Crippen molar-refractivity contribution in [3.63, 3.8) is 0 Å². The van der Waals surface area contributed by atoms with Crippen LogP contribution in [0, 0.1) is 0 Å². The molecule has 20 heavy (non-hydrogen) atoms. The largest absolute Gasteiger partial charge is 0.459 e. The number of hydrogen-bond donors (Lipinski definition) is 0. The summed E-state index contributed by atoms with van der Waals surface area (Å²) < 4.78 is 11.5. The Hall–Kier alpha value is -1.14. The van der Waals surface area contributed by atoms with Gasteiger partial charge in [0, 0.05) is 0 Å². The number of likely N-dealkylation sites (N-methyl/N-ethyl adjacent to an activating group) is 2. The smallest absolute Gasteiger partial charge is 0.317 e.